The average molecular weight is 863 g/mol. The van der Waals surface area contributed by atoms with E-state index in [1.54, 1.807) is 0 Å². The van der Waals surface area contributed by atoms with E-state index in [9.17, 15) is 0 Å². The maximum Gasteiger partial charge on any atom is 0.248 e. The summed E-state index contributed by atoms with van der Waals surface area (Å²) >= 11 is 0. The molecule has 0 N–H and O–H groups in total. The maximum absolute atomic E-state index is 6.78. The third-order valence-corrected chi connectivity index (χ3v) is 12.1. The lowest BCUT2D eigenvalue weighted by molar-refractivity contribution is 0.586. The summed E-state index contributed by atoms with van der Waals surface area (Å²) in [5.41, 5.74) is 8.76. The molecule has 11 nitrogen and oxygen atoms in total. The smallest absolute Gasteiger partial charge is 0.248 e. The van der Waals surface area contributed by atoms with E-state index >= 15 is 0 Å². The third kappa shape index (κ3) is 6.44. The number of benzene rings is 8. The van der Waals surface area contributed by atoms with Gasteiger partial charge in [-0.3, -0.25) is 9.13 Å². The van der Waals surface area contributed by atoms with E-state index in [-0.39, 0.29) is 0 Å². The number of rotatable bonds is 8. The highest BCUT2D eigenvalue weighted by Gasteiger charge is 2.25. The summed E-state index contributed by atoms with van der Waals surface area (Å²) in [4.78, 5) is 30.3. The molecule has 11 heteroatoms. The van der Waals surface area contributed by atoms with Crippen LogP contribution in [0.1, 0.15) is 0 Å². The number of fused-ring (bicyclic) bond motifs is 6. The van der Waals surface area contributed by atoms with Crippen LogP contribution >= 0.6 is 0 Å². The first-order chi connectivity index (χ1) is 33.2. The Morgan fingerprint density at radius 1 is 0.284 bits per heavy atom. The van der Waals surface area contributed by atoms with Crippen LogP contribution in [0.4, 0.5) is 0 Å². The number of para-hydroxylation sites is 2. The highest BCUT2D eigenvalue weighted by molar-refractivity contribution is 6.16. The minimum absolute atomic E-state index is 0.382. The molecule has 5 aromatic heterocycles. The van der Waals surface area contributed by atoms with Crippen molar-refractivity contribution in [3.63, 3.8) is 0 Å². The topological polar surface area (TPSA) is 126 Å². The Balaban J connectivity index is 0.977. The minimum atomic E-state index is 0.382. The number of aromatic nitrogens is 10. The first-order valence-electron chi connectivity index (χ1n) is 21.9. The standard InChI is InChI=1S/C56H34N10O/c1-5-19-35(20-6-1)49-57-50(36-21-7-2-8-22-36)60-55(59-49)65-43-31-15-13-27-39(43)47-41(29-17-33-45(47)65)53-63-64-54(67-53)42-30-18-34-46-48(42)40-28-14-16-32-44(40)66(46)56-61-51(37-23-9-3-10-24-37)58-52(62-56)38-25-11-4-12-26-38/h1-34H. The van der Waals surface area contributed by atoms with Gasteiger partial charge in [0.25, 0.3) is 0 Å². The van der Waals surface area contributed by atoms with Crippen molar-refractivity contribution in [3.8, 4) is 80.4 Å². The van der Waals surface area contributed by atoms with Crippen LogP contribution in [0.25, 0.3) is 124 Å². The minimum Gasteiger partial charge on any atom is -0.416 e. The van der Waals surface area contributed by atoms with Crippen molar-refractivity contribution >= 4 is 43.6 Å². The molecule has 13 rings (SSSR count). The Hall–Kier alpha value is -9.48. The van der Waals surface area contributed by atoms with E-state index in [2.05, 4.69) is 45.5 Å². The van der Waals surface area contributed by atoms with Gasteiger partial charge in [-0.2, -0.15) is 19.9 Å². The van der Waals surface area contributed by atoms with Gasteiger partial charge in [-0.1, -0.05) is 170 Å². The van der Waals surface area contributed by atoms with E-state index in [1.165, 1.54) is 0 Å². The van der Waals surface area contributed by atoms with Crippen molar-refractivity contribution in [3.05, 3.63) is 206 Å². The predicted octanol–water partition coefficient (Wildman–Crippen LogP) is 12.6. The average Bonchev–Trinajstić information content (AvgIpc) is 4.13. The highest BCUT2D eigenvalue weighted by atomic mass is 16.4. The van der Waals surface area contributed by atoms with Crippen molar-refractivity contribution < 1.29 is 4.42 Å². The highest BCUT2D eigenvalue weighted by Crippen LogP contribution is 2.41. The van der Waals surface area contributed by atoms with Crippen LogP contribution in [-0.2, 0) is 0 Å². The molecule has 0 aliphatic heterocycles. The normalized spacial score (nSPS) is 11.6. The molecule has 13 aromatic rings. The summed E-state index contributed by atoms with van der Waals surface area (Å²) in [5, 5.41) is 13.3. The second-order valence-electron chi connectivity index (χ2n) is 16.0. The Labute approximate surface area is 382 Å². The van der Waals surface area contributed by atoms with Crippen molar-refractivity contribution in [2.45, 2.75) is 0 Å². The SMILES string of the molecule is c1ccc(-c2nc(-c3ccccc3)nc(-n3c4ccccc4c4c(-c5nnc(-c6cccc7c6c6ccccc6n7-c6nc(-c7ccccc7)nc(-c7ccccc7)n6)o5)cccc43)n2)cc1. The van der Waals surface area contributed by atoms with Crippen molar-refractivity contribution in [2.75, 3.05) is 0 Å². The molecule has 0 atom stereocenters. The van der Waals surface area contributed by atoms with Gasteiger partial charge in [0, 0.05) is 54.9 Å². The van der Waals surface area contributed by atoms with Crippen LogP contribution in [0, 0.1) is 0 Å². The Bertz CT molecular complexity index is 3610. The van der Waals surface area contributed by atoms with Gasteiger partial charge >= 0.3 is 0 Å². The van der Waals surface area contributed by atoms with Gasteiger partial charge < -0.3 is 4.42 Å². The van der Waals surface area contributed by atoms with E-state index in [4.69, 9.17) is 44.5 Å². The molecule has 0 unspecified atom stereocenters. The molecular weight excluding hydrogens is 829 g/mol. The molecule has 314 valence electrons. The quantitative estimate of drug-likeness (QED) is 0.147. The molecule has 0 bridgehead atoms. The fourth-order valence-electron chi connectivity index (χ4n) is 9.06. The summed E-state index contributed by atoms with van der Waals surface area (Å²) in [5.74, 6) is 4.06. The Kier molecular flexibility index (Phi) is 8.88. The van der Waals surface area contributed by atoms with Crippen LogP contribution in [0.5, 0.6) is 0 Å². The van der Waals surface area contributed by atoms with Gasteiger partial charge in [-0.25, -0.2) is 9.97 Å². The molecule has 0 aliphatic carbocycles. The second kappa shape index (κ2) is 15.6. The number of nitrogens with zero attached hydrogens (tertiary/aromatic N) is 10. The second-order valence-corrected chi connectivity index (χ2v) is 16.0. The molecule has 0 radical (unpaired) electrons. The van der Waals surface area contributed by atoms with Crippen LogP contribution in [-0.4, -0.2) is 49.2 Å². The molecule has 0 spiro atoms. The molecular formula is C56H34N10O. The van der Waals surface area contributed by atoms with Crippen molar-refractivity contribution in [1.82, 2.24) is 49.2 Å². The lowest BCUT2D eigenvalue weighted by Crippen LogP contribution is -2.06. The van der Waals surface area contributed by atoms with Gasteiger partial charge in [-0.15, -0.1) is 10.2 Å². The van der Waals surface area contributed by atoms with Crippen LogP contribution in [0.15, 0.2) is 211 Å². The number of hydrogen-bond donors (Lipinski definition) is 0. The van der Waals surface area contributed by atoms with Crippen LogP contribution in [0.3, 0.4) is 0 Å². The molecule has 8 aromatic carbocycles. The van der Waals surface area contributed by atoms with Crippen molar-refractivity contribution in [2.24, 2.45) is 0 Å². The van der Waals surface area contributed by atoms with E-state index < -0.39 is 0 Å². The summed E-state index contributed by atoms with van der Waals surface area (Å²) in [7, 11) is 0. The van der Waals surface area contributed by atoms with Gasteiger partial charge in [0.05, 0.1) is 22.1 Å². The molecule has 0 aliphatic rings. The summed E-state index contributed by atoms with van der Waals surface area (Å²) in [6, 6.07) is 68.7. The Morgan fingerprint density at radius 2 is 0.597 bits per heavy atom. The summed E-state index contributed by atoms with van der Waals surface area (Å²) in [6.07, 6.45) is 0. The maximum atomic E-state index is 6.78. The lowest BCUT2D eigenvalue weighted by Gasteiger charge is -2.11. The van der Waals surface area contributed by atoms with Gasteiger partial charge in [-0.05, 0) is 36.4 Å². The summed E-state index contributed by atoms with van der Waals surface area (Å²) < 4.78 is 11.0. The third-order valence-electron chi connectivity index (χ3n) is 12.1. The molecule has 0 saturated carbocycles. The zero-order valence-corrected chi connectivity index (χ0v) is 35.5. The number of hydrogen-bond acceptors (Lipinski definition) is 9. The first-order valence-corrected chi connectivity index (χ1v) is 21.9. The van der Waals surface area contributed by atoms with Gasteiger partial charge in [0.15, 0.2) is 23.3 Å². The molecule has 67 heavy (non-hydrogen) atoms. The molecule has 0 amide bonds. The Morgan fingerprint density at radius 3 is 0.955 bits per heavy atom. The lowest BCUT2D eigenvalue weighted by atomic mass is 10.1. The van der Waals surface area contributed by atoms with E-state index in [0.29, 0.717) is 47.0 Å². The van der Waals surface area contributed by atoms with E-state index in [1.807, 2.05) is 170 Å². The zero-order chi connectivity index (χ0) is 44.3. The van der Waals surface area contributed by atoms with E-state index in [0.717, 1.165) is 77.0 Å². The fourth-order valence-corrected chi connectivity index (χ4v) is 9.06. The predicted molar refractivity (Wildman–Crippen MR) is 262 cm³/mol. The largest absolute Gasteiger partial charge is 0.416 e. The van der Waals surface area contributed by atoms with Crippen LogP contribution < -0.4 is 0 Å². The molecule has 0 fully saturated rings. The molecule has 0 saturated heterocycles. The zero-order valence-electron chi connectivity index (χ0n) is 35.5. The fraction of sp³-hybridized carbons (Fsp3) is 0. The van der Waals surface area contributed by atoms with Crippen LogP contribution in [0.2, 0.25) is 0 Å². The monoisotopic (exact) mass is 862 g/mol. The first kappa shape index (κ1) is 38.0. The molecule has 5 heterocycles. The summed E-state index contributed by atoms with van der Waals surface area (Å²) in [6.45, 7) is 0. The van der Waals surface area contributed by atoms with Gasteiger partial charge in [0.1, 0.15) is 0 Å². The van der Waals surface area contributed by atoms with Gasteiger partial charge in [0.2, 0.25) is 23.7 Å². The van der Waals surface area contributed by atoms with Crippen molar-refractivity contribution in [1.29, 1.82) is 0 Å².